The van der Waals surface area contributed by atoms with Crippen LogP contribution in [-0.4, -0.2) is 58.9 Å². The van der Waals surface area contributed by atoms with Crippen molar-refractivity contribution in [2.24, 2.45) is 17.8 Å². The third kappa shape index (κ3) is 9.15. The fourth-order valence-electron chi connectivity index (χ4n) is 4.76. The number of carbonyl (C=O) groups excluding carboxylic acids is 3. The number of carbonyl (C=O) groups is 3. The summed E-state index contributed by atoms with van der Waals surface area (Å²) in [4.78, 5) is 48.9. The number of thiazole rings is 2. The van der Waals surface area contributed by atoms with Crippen LogP contribution in [0, 0.1) is 24.7 Å². The van der Waals surface area contributed by atoms with E-state index in [4.69, 9.17) is 4.74 Å². The lowest BCUT2D eigenvalue weighted by molar-refractivity contribution is -0.145. The van der Waals surface area contributed by atoms with E-state index in [2.05, 4.69) is 29.1 Å². The molecule has 1 saturated carbocycles. The highest BCUT2D eigenvalue weighted by Gasteiger charge is 2.27. The Morgan fingerprint density at radius 3 is 2.45 bits per heavy atom. The number of rotatable bonds is 15. The SMILES string of the molecule is COC(=O)[C@@H](C)C[C@H](Cc1nc(C)cs1)NC(=O)c1csc(CCC(C(C)C)N(C)C(=O)CCC2CC2)n1. The second kappa shape index (κ2) is 14.2. The Bertz CT molecular complexity index is 1080. The smallest absolute Gasteiger partial charge is 0.308 e. The van der Waals surface area contributed by atoms with Gasteiger partial charge in [-0.2, -0.15) is 0 Å². The molecule has 1 aliphatic rings. The Hall–Kier alpha value is -2.33. The molecule has 1 fully saturated rings. The van der Waals surface area contributed by atoms with Crippen molar-refractivity contribution in [3.63, 3.8) is 0 Å². The zero-order valence-corrected chi connectivity index (χ0v) is 25.1. The Kier molecular flexibility index (Phi) is 11.3. The largest absolute Gasteiger partial charge is 0.469 e. The van der Waals surface area contributed by atoms with E-state index in [1.165, 1.54) is 31.3 Å². The third-order valence-corrected chi connectivity index (χ3v) is 9.12. The van der Waals surface area contributed by atoms with E-state index in [9.17, 15) is 14.4 Å². The first-order valence-electron chi connectivity index (χ1n) is 13.6. The van der Waals surface area contributed by atoms with Gasteiger partial charge in [0.2, 0.25) is 5.91 Å². The summed E-state index contributed by atoms with van der Waals surface area (Å²) in [5, 5.41) is 8.63. The lowest BCUT2D eigenvalue weighted by Gasteiger charge is -2.31. The van der Waals surface area contributed by atoms with Gasteiger partial charge in [-0.1, -0.05) is 33.6 Å². The molecular formula is C28H42N4O4S2. The van der Waals surface area contributed by atoms with Crippen molar-refractivity contribution in [3.8, 4) is 0 Å². The number of esters is 1. The zero-order valence-electron chi connectivity index (χ0n) is 23.5. The topological polar surface area (TPSA) is 101 Å². The van der Waals surface area contributed by atoms with E-state index in [-0.39, 0.29) is 35.8 Å². The average Bonchev–Trinajstić information content (AvgIpc) is 3.43. The first-order valence-corrected chi connectivity index (χ1v) is 15.3. The Balaban J connectivity index is 1.59. The van der Waals surface area contributed by atoms with Crippen molar-refractivity contribution in [2.75, 3.05) is 14.2 Å². The van der Waals surface area contributed by atoms with Crippen LogP contribution < -0.4 is 5.32 Å². The van der Waals surface area contributed by atoms with Crippen LogP contribution in [-0.2, 0) is 27.2 Å². The molecule has 210 valence electrons. The number of methoxy groups -OCH3 is 1. The maximum atomic E-state index is 13.1. The molecule has 0 bridgehead atoms. The number of aromatic nitrogens is 2. The molecule has 1 aliphatic carbocycles. The molecule has 38 heavy (non-hydrogen) atoms. The Morgan fingerprint density at radius 2 is 1.84 bits per heavy atom. The van der Waals surface area contributed by atoms with Gasteiger partial charge in [0.1, 0.15) is 5.69 Å². The van der Waals surface area contributed by atoms with Crippen LogP contribution in [0.2, 0.25) is 0 Å². The van der Waals surface area contributed by atoms with E-state index in [0.29, 0.717) is 37.3 Å². The van der Waals surface area contributed by atoms with Crippen molar-refractivity contribution in [1.82, 2.24) is 20.2 Å². The number of nitrogens with zero attached hydrogens (tertiary/aromatic N) is 3. The zero-order chi connectivity index (χ0) is 27.8. The minimum atomic E-state index is -0.353. The van der Waals surface area contributed by atoms with Gasteiger partial charge in [-0.05, 0) is 38.0 Å². The molecule has 10 heteroatoms. The van der Waals surface area contributed by atoms with Gasteiger partial charge in [0.05, 0.1) is 23.0 Å². The molecule has 0 aromatic carbocycles. The predicted octanol–water partition coefficient (Wildman–Crippen LogP) is 5.05. The van der Waals surface area contributed by atoms with Gasteiger partial charge >= 0.3 is 5.97 Å². The maximum Gasteiger partial charge on any atom is 0.308 e. The van der Waals surface area contributed by atoms with E-state index in [0.717, 1.165) is 34.5 Å². The van der Waals surface area contributed by atoms with Gasteiger partial charge in [0, 0.05) is 54.8 Å². The number of ether oxygens (including phenoxy) is 1. The summed E-state index contributed by atoms with van der Waals surface area (Å²) < 4.78 is 4.88. The molecular weight excluding hydrogens is 520 g/mol. The first kappa shape index (κ1) is 30.2. The van der Waals surface area contributed by atoms with Gasteiger partial charge in [-0.15, -0.1) is 22.7 Å². The highest BCUT2D eigenvalue weighted by Crippen LogP contribution is 2.34. The Morgan fingerprint density at radius 1 is 1.13 bits per heavy atom. The molecule has 0 radical (unpaired) electrons. The molecule has 3 rings (SSSR count). The second-order valence-corrected chi connectivity index (χ2v) is 12.8. The fraction of sp³-hybridized carbons (Fsp3) is 0.679. The highest BCUT2D eigenvalue weighted by atomic mass is 32.1. The van der Waals surface area contributed by atoms with Crippen LogP contribution in [0.4, 0.5) is 0 Å². The van der Waals surface area contributed by atoms with Crippen LogP contribution in [0.3, 0.4) is 0 Å². The van der Waals surface area contributed by atoms with Crippen molar-refractivity contribution < 1.29 is 19.1 Å². The molecule has 0 spiro atoms. The van der Waals surface area contributed by atoms with Crippen molar-refractivity contribution in [3.05, 3.63) is 32.2 Å². The van der Waals surface area contributed by atoms with E-state index in [1.54, 1.807) is 23.6 Å². The predicted molar refractivity (Wildman–Crippen MR) is 151 cm³/mol. The first-order chi connectivity index (χ1) is 18.1. The second-order valence-electron chi connectivity index (χ2n) is 10.9. The number of nitrogens with one attached hydrogen (secondary N) is 1. The molecule has 2 aromatic rings. The number of amides is 2. The fourth-order valence-corrected chi connectivity index (χ4v) is 6.40. The number of hydrogen-bond donors (Lipinski definition) is 1. The summed E-state index contributed by atoms with van der Waals surface area (Å²) in [6.45, 7) is 8.04. The summed E-state index contributed by atoms with van der Waals surface area (Å²) in [7, 11) is 3.29. The minimum absolute atomic E-state index is 0.133. The van der Waals surface area contributed by atoms with Crippen molar-refractivity contribution >= 4 is 40.5 Å². The highest BCUT2D eigenvalue weighted by molar-refractivity contribution is 7.10. The molecule has 2 aromatic heterocycles. The van der Waals surface area contributed by atoms with Gasteiger partial charge < -0.3 is 15.0 Å². The van der Waals surface area contributed by atoms with Crippen LogP contribution in [0.5, 0.6) is 0 Å². The van der Waals surface area contributed by atoms with Gasteiger partial charge in [-0.3, -0.25) is 14.4 Å². The summed E-state index contributed by atoms with van der Waals surface area (Å²) >= 11 is 3.02. The van der Waals surface area contributed by atoms with E-state index < -0.39 is 0 Å². The van der Waals surface area contributed by atoms with Crippen molar-refractivity contribution in [2.45, 2.75) is 91.1 Å². The molecule has 1 N–H and O–H groups in total. The molecule has 1 unspecified atom stereocenters. The normalized spacial score (nSPS) is 15.7. The van der Waals surface area contributed by atoms with Gasteiger partial charge in [0.15, 0.2) is 0 Å². The summed E-state index contributed by atoms with van der Waals surface area (Å²) in [5.41, 5.74) is 1.32. The third-order valence-electron chi connectivity index (χ3n) is 7.23. The molecule has 8 nitrogen and oxygen atoms in total. The number of aryl methyl sites for hydroxylation is 2. The van der Waals surface area contributed by atoms with Gasteiger partial charge in [0.25, 0.3) is 5.91 Å². The monoisotopic (exact) mass is 562 g/mol. The molecule has 0 saturated heterocycles. The standard InChI is InChI=1S/C28H42N4O4S2/c1-17(2)23(32(5)26(33)12-9-20-7-8-20)10-11-24-31-22(16-38-24)27(34)30-21(13-18(3)28(35)36-6)14-25-29-19(4)15-37-25/h15-18,20-21,23H,7-14H2,1-6H3,(H,30,34)/t18-,21+,23?/m0/s1. The van der Waals surface area contributed by atoms with Crippen LogP contribution in [0.25, 0.3) is 0 Å². The average molecular weight is 563 g/mol. The van der Waals surface area contributed by atoms with Crippen LogP contribution in [0.1, 0.15) is 85.5 Å². The molecule has 0 aliphatic heterocycles. The van der Waals surface area contributed by atoms with E-state index in [1.807, 2.05) is 24.3 Å². The summed E-state index contributed by atoms with van der Waals surface area (Å²) in [6, 6.07) is -0.137. The lowest BCUT2D eigenvalue weighted by atomic mass is 9.97. The van der Waals surface area contributed by atoms with E-state index >= 15 is 0 Å². The van der Waals surface area contributed by atoms with Crippen molar-refractivity contribution in [1.29, 1.82) is 0 Å². The molecule has 2 amide bonds. The van der Waals surface area contributed by atoms with Gasteiger partial charge in [-0.25, -0.2) is 9.97 Å². The summed E-state index contributed by atoms with van der Waals surface area (Å²) in [6.07, 6.45) is 6.66. The Labute approximate surface area is 234 Å². The molecule has 2 heterocycles. The quantitative estimate of drug-likeness (QED) is 0.305. The van der Waals surface area contributed by atoms with Crippen LogP contribution >= 0.6 is 22.7 Å². The molecule has 3 atom stereocenters. The lowest BCUT2D eigenvalue weighted by Crippen LogP contribution is -2.40. The maximum absolute atomic E-state index is 13.1. The minimum Gasteiger partial charge on any atom is -0.469 e. The number of hydrogen-bond acceptors (Lipinski definition) is 8. The summed E-state index contributed by atoms with van der Waals surface area (Å²) in [5.74, 6) is 0.395. The van der Waals surface area contributed by atoms with Crippen LogP contribution in [0.15, 0.2) is 10.8 Å².